The zero-order chi connectivity index (χ0) is 15.1. The molecule has 1 heterocycles. The maximum atomic E-state index is 3.71. The molecule has 118 valence electrons. The first kappa shape index (κ1) is 16.5. The number of nitrogens with one attached hydrogen (secondary N) is 1. The van der Waals surface area contributed by atoms with Crippen LogP contribution in [-0.2, 0) is 0 Å². The van der Waals surface area contributed by atoms with E-state index in [1.165, 1.54) is 44.5 Å². The molecule has 1 fully saturated rings. The molecule has 1 saturated heterocycles. The van der Waals surface area contributed by atoms with Gasteiger partial charge in [0, 0.05) is 6.54 Å². The van der Waals surface area contributed by atoms with Gasteiger partial charge < -0.3 is 10.2 Å². The van der Waals surface area contributed by atoms with Gasteiger partial charge in [-0.3, -0.25) is 0 Å². The number of likely N-dealkylation sites (tertiary alicyclic amines) is 1. The van der Waals surface area contributed by atoms with Crippen molar-refractivity contribution in [1.29, 1.82) is 0 Å². The molecule has 0 saturated carbocycles. The third-order valence-corrected chi connectivity index (χ3v) is 4.96. The molecule has 0 spiro atoms. The van der Waals surface area contributed by atoms with Crippen LogP contribution in [0.15, 0.2) is 30.3 Å². The van der Waals surface area contributed by atoms with Crippen LogP contribution in [0.4, 0.5) is 0 Å². The van der Waals surface area contributed by atoms with Crippen LogP contribution in [-0.4, -0.2) is 38.1 Å². The molecule has 2 rings (SSSR count). The third kappa shape index (κ3) is 5.44. The lowest BCUT2D eigenvalue weighted by atomic mass is 9.88. The molecule has 1 unspecified atom stereocenters. The molecule has 1 N–H and O–H groups in total. The molecule has 0 aliphatic carbocycles. The molecule has 1 aliphatic heterocycles. The summed E-state index contributed by atoms with van der Waals surface area (Å²) in [7, 11) is 2.24. The number of hydrogen-bond donors (Lipinski definition) is 1. The Hall–Kier alpha value is -0.860. The molecule has 0 aromatic heterocycles. The predicted molar refractivity (Wildman–Crippen MR) is 91.7 cm³/mol. The van der Waals surface area contributed by atoms with Gasteiger partial charge in [-0.1, -0.05) is 44.2 Å². The summed E-state index contributed by atoms with van der Waals surface area (Å²) in [5, 5.41) is 3.71. The van der Waals surface area contributed by atoms with E-state index < -0.39 is 0 Å². The van der Waals surface area contributed by atoms with Gasteiger partial charge in [0.2, 0.25) is 0 Å². The van der Waals surface area contributed by atoms with Crippen molar-refractivity contribution in [2.75, 3.05) is 33.2 Å². The summed E-state index contributed by atoms with van der Waals surface area (Å²) in [5.41, 5.74) is 1.47. The highest BCUT2D eigenvalue weighted by molar-refractivity contribution is 5.20. The number of hydrogen-bond acceptors (Lipinski definition) is 2. The molecule has 1 aromatic rings. The molecule has 0 radical (unpaired) electrons. The number of nitrogens with zero attached hydrogens (tertiary/aromatic N) is 1. The van der Waals surface area contributed by atoms with Crippen molar-refractivity contribution in [3.05, 3.63) is 35.9 Å². The first-order chi connectivity index (χ1) is 10.2. The Kier molecular flexibility index (Phi) is 6.72. The summed E-state index contributed by atoms with van der Waals surface area (Å²) in [6.45, 7) is 9.50. The topological polar surface area (TPSA) is 15.3 Å². The Balaban J connectivity index is 1.71. The highest BCUT2D eigenvalue weighted by Gasteiger charge is 2.17. The second kappa shape index (κ2) is 8.55. The van der Waals surface area contributed by atoms with Crippen LogP contribution in [0.5, 0.6) is 0 Å². The highest BCUT2D eigenvalue weighted by atomic mass is 15.1. The smallest absolute Gasteiger partial charge is 0.00226 e. The zero-order valence-electron chi connectivity index (χ0n) is 14.0. The van der Waals surface area contributed by atoms with Gasteiger partial charge >= 0.3 is 0 Å². The maximum Gasteiger partial charge on any atom is 0.00226 e. The van der Waals surface area contributed by atoms with E-state index in [2.05, 4.69) is 61.4 Å². The Morgan fingerprint density at radius 2 is 1.81 bits per heavy atom. The van der Waals surface area contributed by atoms with Gasteiger partial charge in [0.1, 0.15) is 0 Å². The molecule has 2 heteroatoms. The average molecular weight is 288 g/mol. The minimum Gasteiger partial charge on any atom is -0.316 e. The van der Waals surface area contributed by atoms with Crippen LogP contribution in [0.3, 0.4) is 0 Å². The van der Waals surface area contributed by atoms with Crippen LogP contribution in [0, 0.1) is 11.8 Å². The monoisotopic (exact) mass is 288 g/mol. The van der Waals surface area contributed by atoms with Gasteiger partial charge in [-0.15, -0.1) is 0 Å². The van der Waals surface area contributed by atoms with Crippen molar-refractivity contribution >= 4 is 0 Å². The summed E-state index contributed by atoms with van der Waals surface area (Å²) >= 11 is 0. The highest BCUT2D eigenvalue weighted by Crippen LogP contribution is 2.23. The van der Waals surface area contributed by atoms with Gasteiger partial charge in [-0.25, -0.2) is 0 Å². The summed E-state index contributed by atoms with van der Waals surface area (Å²) in [6, 6.07) is 11.0. The molecule has 0 bridgehead atoms. The Labute approximate surface area is 130 Å². The number of benzene rings is 1. The lowest BCUT2D eigenvalue weighted by Gasteiger charge is -2.29. The normalized spacial score (nSPS) is 19.0. The Morgan fingerprint density at radius 1 is 1.14 bits per heavy atom. The second-order valence-corrected chi connectivity index (χ2v) is 7.00. The third-order valence-electron chi connectivity index (χ3n) is 4.96. The lowest BCUT2D eigenvalue weighted by Crippen LogP contribution is -2.32. The van der Waals surface area contributed by atoms with Crippen molar-refractivity contribution < 1.29 is 0 Å². The number of piperidine rings is 1. The molecule has 1 atom stereocenters. The minimum atomic E-state index is 0.628. The van der Waals surface area contributed by atoms with Crippen LogP contribution in [0.25, 0.3) is 0 Å². The Bertz CT molecular complexity index is 380. The molecule has 1 aromatic carbocycles. The lowest BCUT2D eigenvalue weighted by molar-refractivity contribution is 0.211. The van der Waals surface area contributed by atoms with E-state index in [1.54, 1.807) is 0 Å². The molecule has 1 aliphatic rings. The Morgan fingerprint density at radius 3 is 2.43 bits per heavy atom. The van der Waals surface area contributed by atoms with E-state index in [0.717, 1.165) is 12.5 Å². The second-order valence-electron chi connectivity index (χ2n) is 7.00. The summed E-state index contributed by atoms with van der Waals surface area (Å²) in [5.74, 6) is 2.25. The fraction of sp³-hybridized carbons (Fsp3) is 0.684. The standard InChI is InChI=1S/C19H32N2/c1-16(2)19(18-7-5-4-6-8-18)15-20-12-9-17-10-13-21(3)14-11-17/h4-8,16-17,19-20H,9-15H2,1-3H3. The quantitative estimate of drug-likeness (QED) is 0.769. The SMILES string of the molecule is CC(C)C(CNCCC1CCN(C)CC1)c1ccccc1. The van der Waals surface area contributed by atoms with E-state index in [4.69, 9.17) is 0 Å². The largest absolute Gasteiger partial charge is 0.316 e. The molecule has 2 nitrogen and oxygen atoms in total. The van der Waals surface area contributed by atoms with Crippen molar-refractivity contribution in [2.45, 2.75) is 39.0 Å². The maximum absolute atomic E-state index is 3.71. The molecule has 0 amide bonds. The van der Waals surface area contributed by atoms with E-state index >= 15 is 0 Å². The molecular weight excluding hydrogens is 256 g/mol. The zero-order valence-corrected chi connectivity index (χ0v) is 14.0. The van der Waals surface area contributed by atoms with Crippen molar-refractivity contribution in [3.63, 3.8) is 0 Å². The predicted octanol–water partition coefficient (Wildman–Crippen LogP) is 3.75. The van der Waals surface area contributed by atoms with Gasteiger partial charge in [0.25, 0.3) is 0 Å². The molecule has 21 heavy (non-hydrogen) atoms. The van der Waals surface area contributed by atoms with E-state index in [9.17, 15) is 0 Å². The van der Waals surface area contributed by atoms with Crippen molar-refractivity contribution in [1.82, 2.24) is 10.2 Å². The van der Waals surface area contributed by atoms with Gasteiger partial charge in [-0.05, 0) is 69.3 Å². The van der Waals surface area contributed by atoms with E-state index in [1.807, 2.05) is 0 Å². The fourth-order valence-corrected chi connectivity index (χ4v) is 3.35. The van der Waals surface area contributed by atoms with Crippen LogP contribution in [0.1, 0.15) is 44.6 Å². The summed E-state index contributed by atoms with van der Waals surface area (Å²) < 4.78 is 0. The van der Waals surface area contributed by atoms with E-state index in [-0.39, 0.29) is 0 Å². The van der Waals surface area contributed by atoms with Crippen LogP contribution in [0.2, 0.25) is 0 Å². The van der Waals surface area contributed by atoms with Crippen LogP contribution >= 0.6 is 0 Å². The molecular formula is C19H32N2. The van der Waals surface area contributed by atoms with Gasteiger partial charge in [0.05, 0.1) is 0 Å². The first-order valence-electron chi connectivity index (χ1n) is 8.61. The summed E-state index contributed by atoms with van der Waals surface area (Å²) in [4.78, 5) is 2.45. The average Bonchev–Trinajstić information content (AvgIpc) is 2.49. The van der Waals surface area contributed by atoms with Crippen molar-refractivity contribution in [3.8, 4) is 0 Å². The van der Waals surface area contributed by atoms with Gasteiger partial charge in [-0.2, -0.15) is 0 Å². The fourth-order valence-electron chi connectivity index (χ4n) is 3.35. The number of rotatable bonds is 7. The first-order valence-corrected chi connectivity index (χ1v) is 8.61. The van der Waals surface area contributed by atoms with E-state index in [0.29, 0.717) is 11.8 Å². The van der Waals surface area contributed by atoms with Crippen LogP contribution < -0.4 is 5.32 Å². The minimum absolute atomic E-state index is 0.628. The summed E-state index contributed by atoms with van der Waals surface area (Å²) in [6.07, 6.45) is 4.10. The van der Waals surface area contributed by atoms with Crippen molar-refractivity contribution in [2.24, 2.45) is 11.8 Å². The van der Waals surface area contributed by atoms with Gasteiger partial charge in [0.15, 0.2) is 0 Å².